The van der Waals surface area contributed by atoms with Crippen molar-refractivity contribution in [1.82, 2.24) is 9.99 Å². The zero-order valence-electron chi connectivity index (χ0n) is 16.7. The molecule has 0 amide bonds. The Bertz CT molecular complexity index is 987. The first kappa shape index (κ1) is 20.7. The van der Waals surface area contributed by atoms with Crippen LogP contribution in [0.1, 0.15) is 36.2 Å². The van der Waals surface area contributed by atoms with Gasteiger partial charge in [-0.3, -0.25) is 5.43 Å². The van der Waals surface area contributed by atoms with Crippen LogP contribution in [0.5, 0.6) is 0 Å². The Labute approximate surface area is 176 Å². The van der Waals surface area contributed by atoms with Crippen LogP contribution in [0.4, 0.5) is 10.1 Å². The molecule has 0 saturated carbocycles. The van der Waals surface area contributed by atoms with Crippen LogP contribution in [0.2, 0.25) is 0 Å². The molecule has 0 fully saturated rings. The van der Waals surface area contributed by atoms with Gasteiger partial charge < -0.3 is 9.88 Å². The van der Waals surface area contributed by atoms with Crippen LogP contribution in [0.25, 0.3) is 0 Å². The van der Waals surface area contributed by atoms with E-state index in [0.29, 0.717) is 17.2 Å². The molecule has 1 aromatic heterocycles. The van der Waals surface area contributed by atoms with E-state index in [1.807, 2.05) is 29.0 Å². The van der Waals surface area contributed by atoms with Gasteiger partial charge in [-0.2, -0.15) is 5.10 Å². The Morgan fingerprint density at radius 2 is 1.69 bits per heavy atom. The van der Waals surface area contributed by atoms with Crippen molar-refractivity contribution in [1.29, 1.82) is 0 Å². The van der Waals surface area contributed by atoms with E-state index in [4.69, 9.17) is 12.2 Å². The molecule has 3 rings (SSSR count). The van der Waals surface area contributed by atoms with Crippen molar-refractivity contribution in [2.24, 2.45) is 5.10 Å². The highest BCUT2D eigenvalue weighted by Gasteiger charge is 2.08. The predicted octanol–water partition coefficient (Wildman–Crippen LogP) is 5.12. The number of nitrogens with zero attached hydrogens (tertiary/aromatic N) is 2. The minimum Gasteiger partial charge on any atom is -0.342 e. The number of benzene rings is 2. The molecule has 2 aromatic carbocycles. The number of hydrazone groups is 1. The number of nitrogens with one attached hydrogen (secondary N) is 2. The van der Waals surface area contributed by atoms with Crippen LogP contribution in [-0.4, -0.2) is 15.9 Å². The molecule has 3 aromatic rings. The summed E-state index contributed by atoms with van der Waals surface area (Å²) in [6.07, 6.45) is 5.42. The van der Waals surface area contributed by atoms with E-state index in [1.54, 1.807) is 18.3 Å². The standard InChI is InChI=1S/C23H25FN4S/c1-3-17-10-7-11-18(4-2)22(17)26-23(29)27-25-15-20-12-8-14-28(20)16-19-9-5-6-13-21(19)24/h5-15H,3-4,16H2,1-2H3,(H2,26,27,29)/b25-15-. The molecule has 29 heavy (non-hydrogen) atoms. The first-order valence-corrected chi connectivity index (χ1v) is 10.1. The van der Waals surface area contributed by atoms with Crippen molar-refractivity contribution in [3.05, 3.63) is 89.0 Å². The maximum atomic E-state index is 13.9. The topological polar surface area (TPSA) is 41.4 Å². The Kier molecular flexibility index (Phi) is 7.14. The van der Waals surface area contributed by atoms with Gasteiger partial charge in [0.1, 0.15) is 5.82 Å². The zero-order valence-corrected chi connectivity index (χ0v) is 17.5. The lowest BCUT2D eigenvalue weighted by Gasteiger charge is -2.15. The monoisotopic (exact) mass is 408 g/mol. The van der Waals surface area contributed by atoms with Crippen LogP contribution >= 0.6 is 12.2 Å². The summed E-state index contributed by atoms with van der Waals surface area (Å²) in [5.74, 6) is -0.214. The minimum atomic E-state index is -0.214. The maximum absolute atomic E-state index is 13.9. The molecule has 150 valence electrons. The SMILES string of the molecule is CCc1cccc(CC)c1NC(=S)N/N=C\c1cccn1Cc1ccccc1F. The molecule has 6 heteroatoms. The second-order valence-corrected chi connectivity index (χ2v) is 7.04. The first-order chi connectivity index (χ1) is 14.1. The van der Waals surface area contributed by atoms with Gasteiger partial charge >= 0.3 is 0 Å². The lowest BCUT2D eigenvalue weighted by atomic mass is 10.0. The van der Waals surface area contributed by atoms with Crippen molar-refractivity contribution in [2.45, 2.75) is 33.2 Å². The number of aromatic nitrogens is 1. The maximum Gasteiger partial charge on any atom is 0.191 e. The lowest BCUT2D eigenvalue weighted by Crippen LogP contribution is -2.25. The molecule has 0 radical (unpaired) electrons. The lowest BCUT2D eigenvalue weighted by molar-refractivity contribution is 0.599. The number of para-hydroxylation sites is 1. The van der Waals surface area contributed by atoms with Gasteiger partial charge in [-0.05, 0) is 54.4 Å². The summed E-state index contributed by atoms with van der Waals surface area (Å²) in [4.78, 5) is 0. The van der Waals surface area contributed by atoms with E-state index >= 15 is 0 Å². The molecule has 4 nitrogen and oxygen atoms in total. The number of rotatable bonds is 7. The molecule has 0 atom stereocenters. The number of hydrogen-bond acceptors (Lipinski definition) is 2. The minimum absolute atomic E-state index is 0.214. The van der Waals surface area contributed by atoms with E-state index < -0.39 is 0 Å². The second kappa shape index (κ2) is 9.98. The second-order valence-electron chi connectivity index (χ2n) is 6.63. The molecule has 1 heterocycles. The molecular weight excluding hydrogens is 383 g/mol. The van der Waals surface area contributed by atoms with Crippen LogP contribution in [0.15, 0.2) is 65.9 Å². The van der Waals surface area contributed by atoms with Gasteiger partial charge in [-0.1, -0.05) is 50.2 Å². The van der Waals surface area contributed by atoms with Gasteiger partial charge in [0.15, 0.2) is 5.11 Å². The third-order valence-corrected chi connectivity index (χ3v) is 4.96. The van der Waals surface area contributed by atoms with Crippen molar-refractivity contribution >= 4 is 29.2 Å². The average Bonchev–Trinajstić information content (AvgIpc) is 3.16. The van der Waals surface area contributed by atoms with Crippen molar-refractivity contribution in [3.8, 4) is 0 Å². The fraction of sp³-hybridized carbons (Fsp3) is 0.217. The van der Waals surface area contributed by atoms with Crippen molar-refractivity contribution in [3.63, 3.8) is 0 Å². The normalized spacial score (nSPS) is 11.0. The number of aryl methyl sites for hydroxylation is 2. The summed E-state index contributed by atoms with van der Waals surface area (Å²) in [5.41, 5.74) is 7.85. The van der Waals surface area contributed by atoms with Gasteiger partial charge in [0.05, 0.1) is 18.5 Å². The highest BCUT2D eigenvalue weighted by atomic mass is 32.1. The molecule has 0 aliphatic rings. The summed E-state index contributed by atoms with van der Waals surface area (Å²) < 4.78 is 15.8. The number of hydrogen-bond donors (Lipinski definition) is 2. The fourth-order valence-corrected chi connectivity index (χ4v) is 3.36. The average molecular weight is 409 g/mol. The molecule has 0 saturated heterocycles. The van der Waals surface area contributed by atoms with E-state index in [1.165, 1.54) is 17.2 Å². The van der Waals surface area contributed by atoms with Crippen LogP contribution in [0.3, 0.4) is 0 Å². The van der Waals surface area contributed by atoms with E-state index in [2.05, 4.69) is 47.9 Å². The van der Waals surface area contributed by atoms with Crippen molar-refractivity contribution < 1.29 is 4.39 Å². The largest absolute Gasteiger partial charge is 0.342 e. The summed E-state index contributed by atoms with van der Waals surface area (Å²) >= 11 is 5.41. The Hall–Kier alpha value is -2.99. The van der Waals surface area contributed by atoms with Gasteiger partial charge in [0.25, 0.3) is 0 Å². The smallest absolute Gasteiger partial charge is 0.191 e. The van der Waals surface area contributed by atoms with E-state index in [-0.39, 0.29) is 5.82 Å². The van der Waals surface area contributed by atoms with Crippen LogP contribution < -0.4 is 10.7 Å². The summed E-state index contributed by atoms with van der Waals surface area (Å²) in [7, 11) is 0. The Morgan fingerprint density at radius 3 is 2.38 bits per heavy atom. The Balaban J connectivity index is 1.65. The highest BCUT2D eigenvalue weighted by molar-refractivity contribution is 7.80. The van der Waals surface area contributed by atoms with Crippen LogP contribution in [0, 0.1) is 5.82 Å². The molecule has 0 spiro atoms. The molecule has 0 aliphatic carbocycles. The first-order valence-electron chi connectivity index (χ1n) is 9.71. The molecule has 0 aliphatic heterocycles. The molecule has 2 N–H and O–H groups in total. The summed E-state index contributed by atoms with van der Waals surface area (Å²) in [5, 5.41) is 7.96. The van der Waals surface area contributed by atoms with Gasteiger partial charge in [-0.25, -0.2) is 4.39 Å². The zero-order chi connectivity index (χ0) is 20.6. The number of thiocarbonyl (C=S) groups is 1. The van der Waals surface area contributed by atoms with Gasteiger partial charge in [0, 0.05) is 17.4 Å². The number of halogens is 1. The van der Waals surface area contributed by atoms with E-state index in [9.17, 15) is 4.39 Å². The number of anilines is 1. The fourth-order valence-electron chi connectivity index (χ4n) is 3.20. The summed E-state index contributed by atoms with van der Waals surface area (Å²) in [6, 6.07) is 16.9. The Morgan fingerprint density at radius 1 is 1.00 bits per heavy atom. The molecule has 0 unspecified atom stereocenters. The quantitative estimate of drug-likeness (QED) is 0.324. The van der Waals surface area contributed by atoms with Crippen LogP contribution in [-0.2, 0) is 19.4 Å². The van der Waals surface area contributed by atoms with E-state index in [0.717, 1.165) is 24.2 Å². The molecular formula is C23H25FN4S. The highest BCUT2D eigenvalue weighted by Crippen LogP contribution is 2.22. The van der Waals surface area contributed by atoms with Crippen molar-refractivity contribution in [2.75, 3.05) is 5.32 Å². The molecule has 0 bridgehead atoms. The predicted molar refractivity (Wildman–Crippen MR) is 122 cm³/mol. The summed E-state index contributed by atoms with van der Waals surface area (Å²) in [6.45, 7) is 4.68. The third kappa shape index (κ3) is 5.29. The third-order valence-electron chi connectivity index (χ3n) is 4.76. The van der Waals surface area contributed by atoms with Gasteiger partial charge in [0.2, 0.25) is 0 Å². The van der Waals surface area contributed by atoms with Gasteiger partial charge in [-0.15, -0.1) is 0 Å².